The van der Waals surface area contributed by atoms with Gasteiger partial charge in [0.15, 0.2) is 0 Å². The van der Waals surface area contributed by atoms with Crippen LogP contribution in [0.1, 0.15) is 25.8 Å². The van der Waals surface area contributed by atoms with Crippen LogP contribution in [0.3, 0.4) is 0 Å². The van der Waals surface area contributed by atoms with E-state index in [-0.39, 0.29) is 12.1 Å². The van der Waals surface area contributed by atoms with E-state index in [2.05, 4.69) is 20.8 Å². The van der Waals surface area contributed by atoms with Gasteiger partial charge in [0.2, 0.25) is 5.82 Å². The number of aromatic nitrogens is 2. The van der Waals surface area contributed by atoms with Crippen LogP contribution in [0.2, 0.25) is 0 Å². The number of carbonyl (C=O) groups is 1. The van der Waals surface area contributed by atoms with E-state index in [1.807, 2.05) is 69.3 Å². The van der Waals surface area contributed by atoms with Gasteiger partial charge in [-0.05, 0) is 56.2 Å². The Kier molecular flexibility index (Phi) is 5.31. The average molecular weight is 350 g/mol. The Labute approximate surface area is 152 Å². The Hall–Kier alpha value is -3.15. The molecule has 0 saturated carbocycles. The van der Waals surface area contributed by atoms with Crippen molar-refractivity contribution in [3.63, 3.8) is 0 Å². The number of nitrogens with zero attached hydrogens (tertiary/aromatic N) is 2. The minimum atomic E-state index is -0.214. The molecule has 3 aromatic rings. The van der Waals surface area contributed by atoms with Crippen LogP contribution in [-0.4, -0.2) is 22.2 Å². The molecule has 0 aliphatic rings. The Balaban J connectivity index is 1.71. The van der Waals surface area contributed by atoms with E-state index in [0.29, 0.717) is 17.4 Å². The summed E-state index contributed by atoms with van der Waals surface area (Å²) in [6.45, 7) is 5.99. The molecule has 1 aromatic heterocycles. The number of hydrogen-bond donors (Lipinski definition) is 2. The molecule has 1 heterocycles. The molecule has 2 amide bonds. The van der Waals surface area contributed by atoms with E-state index in [4.69, 9.17) is 4.52 Å². The van der Waals surface area contributed by atoms with Crippen LogP contribution >= 0.6 is 0 Å². The summed E-state index contributed by atoms with van der Waals surface area (Å²) in [5.74, 6) is 1.01. The molecule has 0 bridgehead atoms. The van der Waals surface area contributed by atoms with Crippen molar-refractivity contribution in [3.05, 3.63) is 54.1 Å². The number of nitrogens with one attached hydrogen (secondary N) is 2. The maximum absolute atomic E-state index is 11.9. The fraction of sp³-hybridized carbons (Fsp3) is 0.250. The Morgan fingerprint density at radius 1 is 1.15 bits per heavy atom. The van der Waals surface area contributed by atoms with Gasteiger partial charge in [0.25, 0.3) is 5.89 Å². The molecule has 0 saturated heterocycles. The van der Waals surface area contributed by atoms with E-state index >= 15 is 0 Å². The fourth-order valence-electron chi connectivity index (χ4n) is 2.46. The van der Waals surface area contributed by atoms with Crippen LogP contribution < -0.4 is 10.6 Å². The third-order valence-electron chi connectivity index (χ3n) is 4.19. The highest BCUT2D eigenvalue weighted by Crippen LogP contribution is 2.25. The molecule has 2 N–H and O–H groups in total. The Morgan fingerprint density at radius 2 is 1.88 bits per heavy atom. The lowest BCUT2D eigenvalue weighted by Crippen LogP contribution is -2.35. The first kappa shape index (κ1) is 17.7. The standard InChI is InChI=1S/C20H22N4O2/c1-4-14(3)21-20(25)22-16-11-9-15(10-12-16)18-23-19(26-24-18)17-8-6-5-7-13(17)2/h5-12,14H,4H2,1-3H3,(H2,21,22,25)/t14-/m1/s1. The summed E-state index contributed by atoms with van der Waals surface area (Å²) in [6.07, 6.45) is 0.882. The van der Waals surface area contributed by atoms with E-state index in [9.17, 15) is 4.79 Å². The molecule has 0 unspecified atom stereocenters. The number of benzene rings is 2. The molecule has 0 aliphatic heterocycles. The van der Waals surface area contributed by atoms with E-state index in [0.717, 1.165) is 23.1 Å². The van der Waals surface area contributed by atoms with Crippen molar-refractivity contribution in [1.82, 2.24) is 15.5 Å². The van der Waals surface area contributed by atoms with Crippen molar-refractivity contribution < 1.29 is 9.32 Å². The molecule has 0 aliphatic carbocycles. The molecule has 1 atom stereocenters. The molecule has 0 spiro atoms. The van der Waals surface area contributed by atoms with Crippen molar-refractivity contribution >= 4 is 11.7 Å². The van der Waals surface area contributed by atoms with Crippen LogP contribution in [0.25, 0.3) is 22.8 Å². The third kappa shape index (κ3) is 4.08. The van der Waals surface area contributed by atoms with Crippen LogP contribution in [-0.2, 0) is 0 Å². The fourth-order valence-corrected chi connectivity index (χ4v) is 2.46. The summed E-state index contributed by atoms with van der Waals surface area (Å²) in [5.41, 5.74) is 3.53. The number of anilines is 1. The lowest BCUT2D eigenvalue weighted by molar-refractivity contribution is 0.249. The maximum Gasteiger partial charge on any atom is 0.319 e. The van der Waals surface area contributed by atoms with Gasteiger partial charge < -0.3 is 15.2 Å². The second-order valence-corrected chi connectivity index (χ2v) is 6.22. The number of urea groups is 1. The molecule has 2 aromatic carbocycles. The van der Waals surface area contributed by atoms with Crippen molar-refractivity contribution in [2.45, 2.75) is 33.2 Å². The van der Waals surface area contributed by atoms with Gasteiger partial charge in [-0.3, -0.25) is 0 Å². The average Bonchev–Trinajstić information content (AvgIpc) is 3.12. The van der Waals surface area contributed by atoms with E-state index in [1.54, 1.807) is 0 Å². The van der Waals surface area contributed by atoms with Crippen LogP contribution in [0, 0.1) is 6.92 Å². The third-order valence-corrected chi connectivity index (χ3v) is 4.19. The highest BCUT2D eigenvalue weighted by molar-refractivity contribution is 5.89. The van der Waals surface area contributed by atoms with Gasteiger partial charge in [-0.1, -0.05) is 30.3 Å². The minimum absolute atomic E-state index is 0.133. The minimum Gasteiger partial charge on any atom is -0.335 e. The largest absolute Gasteiger partial charge is 0.335 e. The monoisotopic (exact) mass is 350 g/mol. The predicted molar refractivity (Wildman–Crippen MR) is 102 cm³/mol. The SMILES string of the molecule is CC[C@@H](C)NC(=O)Nc1ccc(-c2noc(-c3ccccc3C)n2)cc1. The topological polar surface area (TPSA) is 80.0 Å². The molecule has 134 valence electrons. The number of rotatable bonds is 5. The molecule has 0 radical (unpaired) electrons. The summed E-state index contributed by atoms with van der Waals surface area (Å²) >= 11 is 0. The zero-order valence-corrected chi connectivity index (χ0v) is 15.1. The number of aryl methyl sites for hydroxylation is 1. The number of hydrogen-bond acceptors (Lipinski definition) is 4. The zero-order chi connectivity index (χ0) is 18.5. The Bertz CT molecular complexity index is 887. The smallest absolute Gasteiger partial charge is 0.319 e. The normalized spacial score (nSPS) is 11.8. The first-order valence-corrected chi connectivity index (χ1v) is 8.64. The quantitative estimate of drug-likeness (QED) is 0.703. The maximum atomic E-state index is 11.9. The van der Waals surface area contributed by atoms with Crippen molar-refractivity contribution in [2.75, 3.05) is 5.32 Å². The first-order chi connectivity index (χ1) is 12.6. The lowest BCUT2D eigenvalue weighted by atomic mass is 10.1. The second-order valence-electron chi connectivity index (χ2n) is 6.22. The molecule has 6 heteroatoms. The zero-order valence-electron chi connectivity index (χ0n) is 15.1. The van der Waals surface area contributed by atoms with Gasteiger partial charge in [-0.2, -0.15) is 4.98 Å². The van der Waals surface area contributed by atoms with Gasteiger partial charge in [0, 0.05) is 22.9 Å². The van der Waals surface area contributed by atoms with Gasteiger partial charge in [-0.25, -0.2) is 4.79 Å². The number of amides is 2. The summed E-state index contributed by atoms with van der Waals surface area (Å²) in [5, 5.41) is 9.73. The number of carbonyl (C=O) groups excluding carboxylic acids is 1. The molecule has 3 rings (SSSR count). The Morgan fingerprint density at radius 3 is 2.58 bits per heavy atom. The molecule has 0 fully saturated rings. The first-order valence-electron chi connectivity index (χ1n) is 8.64. The highest BCUT2D eigenvalue weighted by atomic mass is 16.5. The predicted octanol–water partition coefficient (Wildman–Crippen LogP) is 4.63. The van der Waals surface area contributed by atoms with Gasteiger partial charge in [-0.15, -0.1) is 0 Å². The molecular formula is C20H22N4O2. The summed E-state index contributed by atoms with van der Waals surface area (Å²) in [6, 6.07) is 15.1. The van der Waals surface area contributed by atoms with Gasteiger partial charge in [0.1, 0.15) is 0 Å². The summed E-state index contributed by atoms with van der Waals surface area (Å²) < 4.78 is 5.40. The highest BCUT2D eigenvalue weighted by Gasteiger charge is 2.12. The van der Waals surface area contributed by atoms with Crippen LogP contribution in [0.4, 0.5) is 10.5 Å². The van der Waals surface area contributed by atoms with Gasteiger partial charge in [0.05, 0.1) is 0 Å². The molecule has 6 nitrogen and oxygen atoms in total. The summed E-state index contributed by atoms with van der Waals surface area (Å²) in [4.78, 5) is 16.3. The van der Waals surface area contributed by atoms with Crippen LogP contribution in [0.5, 0.6) is 0 Å². The van der Waals surface area contributed by atoms with Crippen molar-refractivity contribution in [2.24, 2.45) is 0 Å². The van der Waals surface area contributed by atoms with Crippen molar-refractivity contribution in [3.8, 4) is 22.8 Å². The van der Waals surface area contributed by atoms with Crippen LogP contribution in [0.15, 0.2) is 53.1 Å². The molecular weight excluding hydrogens is 328 g/mol. The lowest BCUT2D eigenvalue weighted by Gasteiger charge is -2.12. The van der Waals surface area contributed by atoms with E-state index in [1.165, 1.54) is 0 Å². The van der Waals surface area contributed by atoms with E-state index < -0.39 is 0 Å². The molecule has 26 heavy (non-hydrogen) atoms. The van der Waals surface area contributed by atoms with Crippen molar-refractivity contribution in [1.29, 1.82) is 0 Å². The summed E-state index contributed by atoms with van der Waals surface area (Å²) in [7, 11) is 0. The van der Waals surface area contributed by atoms with Gasteiger partial charge >= 0.3 is 6.03 Å². The second kappa shape index (κ2) is 7.82.